The molecular formula is C15H22N2. The van der Waals surface area contributed by atoms with Gasteiger partial charge in [0.1, 0.15) is 0 Å². The second kappa shape index (κ2) is 7.66. The first-order valence-electron chi connectivity index (χ1n) is 6.23. The van der Waals surface area contributed by atoms with E-state index in [1.165, 1.54) is 12.0 Å². The predicted molar refractivity (Wildman–Crippen MR) is 72.9 cm³/mol. The first kappa shape index (κ1) is 13.5. The molecule has 0 aliphatic rings. The SMILES string of the molecule is CC(C)Cc1ccccc1.CCn1cccn1. The molecule has 1 aromatic heterocycles. The summed E-state index contributed by atoms with van der Waals surface area (Å²) in [7, 11) is 0. The van der Waals surface area contributed by atoms with E-state index in [0.717, 1.165) is 12.5 Å². The van der Waals surface area contributed by atoms with E-state index >= 15 is 0 Å². The van der Waals surface area contributed by atoms with Gasteiger partial charge in [0, 0.05) is 18.9 Å². The Morgan fingerprint density at radius 2 is 1.82 bits per heavy atom. The monoisotopic (exact) mass is 230 g/mol. The first-order valence-corrected chi connectivity index (χ1v) is 6.23. The van der Waals surface area contributed by atoms with E-state index in [2.05, 4.69) is 56.2 Å². The molecule has 0 fully saturated rings. The minimum atomic E-state index is 0.766. The Kier molecular flexibility index (Phi) is 6.08. The van der Waals surface area contributed by atoms with Gasteiger partial charge >= 0.3 is 0 Å². The van der Waals surface area contributed by atoms with Crippen molar-refractivity contribution < 1.29 is 0 Å². The third-order valence-electron chi connectivity index (χ3n) is 2.37. The van der Waals surface area contributed by atoms with Gasteiger partial charge in [-0.15, -0.1) is 0 Å². The maximum absolute atomic E-state index is 3.95. The molecule has 92 valence electrons. The van der Waals surface area contributed by atoms with Gasteiger partial charge in [0.2, 0.25) is 0 Å². The lowest BCUT2D eigenvalue weighted by Gasteiger charge is -2.02. The van der Waals surface area contributed by atoms with Gasteiger partial charge in [0.25, 0.3) is 0 Å². The summed E-state index contributed by atoms with van der Waals surface area (Å²) < 4.78 is 1.88. The van der Waals surface area contributed by atoms with Crippen LogP contribution in [0.25, 0.3) is 0 Å². The molecule has 0 bridgehead atoms. The van der Waals surface area contributed by atoms with Crippen LogP contribution in [-0.4, -0.2) is 9.78 Å². The zero-order chi connectivity index (χ0) is 12.5. The zero-order valence-corrected chi connectivity index (χ0v) is 11.0. The van der Waals surface area contributed by atoms with Crippen molar-refractivity contribution >= 4 is 0 Å². The molecule has 0 radical (unpaired) electrons. The van der Waals surface area contributed by atoms with E-state index in [9.17, 15) is 0 Å². The molecule has 0 amide bonds. The summed E-state index contributed by atoms with van der Waals surface area (Å²) in [4.78, 5) is 0. The highest BCUT2D eigenvalue weighted by Gasteiger charge is 1.94. The minimum absolute atomic E-state index is 0.766. The molecule has 0 spiro atoms. The number of hydrogen-bond donors (Lipinski definition) is 0. The van der Waals surface area contributed by atoms with Gasteiger partial charge in [-0.1, -0.05) is 44.2 Å². The minimum Gasteiger partial charge on any atom is -0.273 e. The van der Waals surface area contributed by atoms with E-state index in [-0.39, 0.29) is 0 Å². The van der Waals surface area contributed by atoms with E-state index < -0.39 is 0 Å². The second-order valence-electron chi connectivity index (χ2n) is 4.45. The lowest BCUT2D eigenvalue weighted by molar-refractivity contribution is 0.647. The summed E-state index contributed by atoms with van der Waals surface area (Å²) >= 11 is 0. The number of rotatable bonds is 3. The van der Waals surface area contributed by atoms with Gasteiger partial charge < -0.3 is 0 Å². The van der Waals surface area contributed by atoms with Crippen LogP contribution in [-0.2, 0) is 13.0 Å². The Labute approximate surface area is 104 Å². The van der Waals surface area contributed by atoms with Crippen LogP contribution in [0.4, 0.5) is 0 Å². The molecule has 2 heteroatoms. The fraction of sp³-hybridized carbons (Fsp3) is 0.400. The Morgan fingerprint density at radius 1 is 1.12 bits per heavy atom. The molecule has 0 unspecified atom stereocenters. The fourth-order valence-corrected chi connectivity index (χ4v) is 1.57. The third kappa shape index (κ3) is 5.91. The standard InChI is InChI=1S/C10H14.C5H8N2/c1-9(2)8-10-6-4-3-5-7-10;1-2-7-5-3-4-6-7/h3-7,9H,8H2,1-2H3;3-5H,2H2,1H3. The summed E-state index contributed by atoms with van der Waals surface area (Å²) in [6.45, 7) is 7.51. The maximum atomic E-state index is 3.95. The van der Waals surface area contributed by atoms with Crippen molar-refractivity contribution in [2.24, 2.45) is 5.92 Å². The Hall–Kier alpha value is -1.57. The molecule has 0 saturated heterocycles. The lowest BCUT2D eigenvalue weighted by Crippen LogP contribution is -1.92. The Morgan fingerprint density at radius 3 is 2.24 bits per heavy atom. The van der Waals surface area contributed by atoms with Crippen molar-refractivity contribution in [1.29, 1.82) is 0 Å². The van der Waals surface area contributed by atoms with E-state index in [4.69, 9.17) is 0 Å². The smallest absolute Gasteiger partial charge is 0.0489 e. The maximum Gasteiger partial charge on any atom is 0.0489 e. The van der Waals surface area contributed by atoms with E-state index in [1.807, 2.05) is 16.9 Å². The van der Waals surface area contributed by atoms with Crippen molar-refractivity contribution in [2.45, 2.75) is 33.7 Å². The van der Waals surface area contributed by atoms with Crippen LogP contribution in [0.15, 0.2) is 48.8 Å². The van der Waals surface area contributed by atoms with Crippen LogP contribution in [0, 0.1) is 5.92 Å². The van der Waals surface area contributed by atoms with Crippen molar-refractivity contribution in [3.63, 3.8) is 0 Å². The van der Waals surface area contributed by atoms with Crippen LogP contribution in [0.2, 0.25) is 0 Å². The third-order valence-corrected chi connectivity index (χ3v) is 2.37. The molecular weight excluding hydrogens is 208 g/mol. The molecule has 0 saturated carbocycles. The molecule has 0 N–H and O–H groups in total. The van der Waals surface area contributed by atoms with Gasteiger partial charge in [0.15, 0.2) is 0 Å². The summed E-state index contributed by atoms with van der Waals surface area (Å²) in [5, 5.41) is 3.95. The molecule has 2 nitrogen and oxygen atoms in total. The van der Waals surface area contributed by atoms with Crippen molar-refractivity contribution in [1.82, 2.24) is 9.78 Å². The summed E-state index contributed by atoms with van der Waals surface area (Å²) in [6, 6.07) is 12.5. The number of benzene rings is 1. The topological polar surface area (TPSA) is 17.8 Å². The highest BCUT2D eigenvalue weighted by molar-refractivity contribution is 5.14. The Balaban J connectivity index is 0.000000181. The number of hydrogen-bond acceptors (Lipinski definition) is 1. The molecule has 1 aromatic carbocycles. The summed E-state index contributed by atoms with van der Waals surface area (Å²) in [5.41, 5.74) is 1.44. The predicted octanol–water partition coefficient (Wildman–Crippen LogP) is 3.79. The van der Waals surface area contributed by atoms with Crippen LogP contribution >= 0.6 is 0 Å². The van der Waals surface area contributed by atoms with Crippen LogP contribution in [0.1, 0.15) is 26.3 Å². The second-order valence-corrected chi connectivity index (χ2v) is 4.45. The molecule has 0 atom stereocenters. The van der Waals surface area contributed by atoms with Gasteiger partial charge in [-0.25, -0.2) is 0 Å². The molecule has 2 aromatic rings. The largest absolute Gasteiger partial charge is 0.273 e. The average molecular weight is 230 g/mol. The van der Waals surface area contributed by atoms with E-state index in [0.29, 0.717) is 0 Å². The number of aryl methyl sites for hydroxylation is 1. The van der Waals surface area contributed by atoms with E-state index in [1.54, 1.807) is 6.20 Å². The molecule has 2 rings (SSSR count). The van der Waals surface area contributed by atoms with Crippen molar-refractivity contribution in [3.8, 4) is 0 Å². The lowest BCUT2D eigenvalue weighted by atomic mass is 10.0. The van der Waals surface area contributed by atoms with Gasteiger partial charge in [0.05, 0.1) is 0 Å². The fourth-order valence-electron chi connectivity index (χ4n) is 1.57. The summed E-state index contributed by atoms with van der Waals surface area (Å²) in [5.74, 6) is 0.766. The number of nitrogens with zero attached hydrogens (tertiary/aromatic N) is 2. The summed E-state index contributed by atoms with van der Waals surface area (Å²) in [6.07, 6.45) is 4.92. The van der Waals surface area contributed by atoms with Crippen LogP contribution in [0.5, 0.6) is 0 Å². The Bertz CT molecular complexity index is 377. The first-order chi connectivity index (χ1) is 8.22. The number of aromatic nitrogens is 2. The van der Waals surface area contributed by atoms with Gasteiger partial charge in [-0.3, -0.25) is 4.68 Å². The normalized spacial score (nSPS) is 9.88. The van der Waals surface area contributed by atoms with Crippen LogP contribution in [0.3, 0.4) is 0 Å². The van der Waals surface area contributed by atoms with Crippen molar-refractivity contribution in [3.05, 3.63) is 54.4 Å². The van der Waals surface area contributed by atoms with Crippen molar-refractivity contribution in [2.75, 3.05) is 0 Å². The quantitative estimate of drug-likeness (QED) is 0.784. The highest BCUT2D eigenvalue weighted by Crippen LogP contribution is 2.05. The molecule has 1 heterocycles. The van der Waals surface area contributed by atoms with Gasteiger partial charge in [-0.2, -0.15) is 5.10 Å². The molecule has 0 aliphatic heterocycles. The average Bonchev–Trinajstić information content (AvgIpc) is 2.83. The molecule has 0 aliphatic carbocycles. The highest BCUT2D eigenvalue weighted by atomic mass is 15.2. The molecule has 17 heavy (non-hydrogen) atoms. The zero-order valence-electron chi connectivity index (χ0n) is 11.0. The van der Waals surface area contributed by atoms with Crippen LogP contribution < -0.4 is 0 Å². The van der Waals surface area contributed by atoms with Gasteiger partial charge in [-0.05, 0) is 30.9 Å².